The van der Waals surface area contributed by atoms with Crippen molar-refractivity contribution >= 4 is 22.1 Å². The summed E-state index contributed by atoms with van der Waals surface area (Å²) in [6.07, 6.45) is 7.10. The summed E-state index contributed by atoms with van der Waals surface area (Å²) in [4.78, 5) is 4.22. The van der Waals surface area contributed by atoms with Crippen LogP contribution < -0.4 is 4.57 Å². The molecule has 120 valence electrons. The fourth-order valence-corrected chi connectivity index (χ4v) is 3.04. The average molecular weight is 328 g/mol. The van der Waals surface area contributed by atoms with Crippen LogP contribution in [-0.2, 0) is 0 Å². The molecule has 5 rings (SSSR count). The van der Waals surface area contributed by atoms with Gasteiger partial charge in [-0.1, -0.05) is 30.3 Å². The third-order valence-electron chi connectivity index (χ3n) is 4.22. The Balaban J connectivity index is 1.67. The standard InChI is InChI=1S/C21H15N3O/c1-15-10-11-18-17-8-5-9-19(20(17)25-21(18)22-15)24-13-12-23(14-24)16-6-3-2-4-7-16/h2-13H,1H3/i1D3. The number of para-hydroxylation sites is 2. The number of hydrogen-bond donors (Lipinski definition) is 0. The van der Waals surface area contributed by atoms with Crippen molar-refractivity contribution in [1.82, 2.24) is 9.55 Å². The molecule has 0 bridgehead atoms. The van der Waals surface area contributed by atoms with Crippen LogP contribution >= 0.6 is 0 Å². The molecule has 0 N–H and O–H groups in total. The van der Waals surface area contributed by atoms with E-state index in [9.17, 15) is 0 Å². The van der Waals surface area contributed by atoms with Crippen LogP contribution in [0.5, 0.6) is 0 Å². The van der Waals surface area contributed by atoms with Crippen molar-refractivity contribution in [1.29, 1.82) is 0 Å². The first-order valence-corrected chi connectivity index (χ1v) is 7.92. The van der Waals surface area contributed by atoms with Crippen molar-refractivity contribution in [3.63, 3.8) is 0 Å². The Labute approximate surface area is 148 Å². The number of nitrogens with zero attached hydrogens (tertiary/aromatic N) is 3. The fourth-order valence-electron chi connectivity index (χ4n) is 3.04. The second-order valence-corrected chi connectivity index (χ2v) is 5.78. The summed E-state index contributed by atoms with van der Waals surface area (Å²) in [5, 5.41) is 1.67. The van der Waals surface area contributed by atoms with E-state index < -0.39 is 6.85 Å². The van der Waals surface area contributed by atoms with E-state index in [2.05, 4.69) is 11.3 Å². The molecule has 0 saturated heterocycles. The van der Waals surface area contributed by atoms with Gasteiger partial charge in [0.25, 0.3) is 6.33 Å². The van der Waals surface area contributed by atoms with E-state index in [4.69, 9.17) is 8.53 Å². The highest BCUT2D eigenvalue weighted by Crippen LogP contribution is 2.30. The summed E-state index contributed by atoms with van der Waals surface area (Å²) >= 11 is 0. The highest BCUT2D eigenvalue weighted by molar-refractivity contribution is 6.05. The number of pyridine rings is 1. The van der Waals surface area contributed by atoms with Gasteiger partial charge in [0.15, 0.2) is 5.58 Å². The van der Waals surface area contributed by atoms with E-state index in [1.165, 1.54) is 6.07 Å². The first kappa shape index (κ1) is 11.2. The van der Waals surface area contributed by atoms with Gasteiger partial charge < -0.3 is 4.42 Å². The normalized spacial score (nSPS) is 13.7. The van der Waals surface area contributed by atoms with Gasteiger partial charge >= 0.3 is 0 Å². The summed E-state index contributed by atoms with van der Waals surface area (Å²) in [6, 6.07) is 19.0. The number of benzene rings is 2. The lowest BCUT2D eigenvalue weighted by molar-refractivity contribution is -0.598. The summed E-state index contributed by atoms with van der Waals surface area (Å²) in [5.41, 5.74) is 2.79. The lowest BCUT2D eigenvalue weighted by Gasteiger charge is -2.02. The first-order valence-electron chi connectivity index (χ1n) is 9.42. The Hall–Kier alpha value is -3.40. The van der Waals surface area contributed by atoms with Crippen molar-refractivity contribution in [2.75, 3.05) is 0 Å². The molecule has 0 unspecified atom stereocenters. The molecule has 4 heteroatoms. The fraction of sp³-hybridized carbons (Fsp3) is 0.0476. The van der Waals surface area contributed by atoms with Gasteiger partial charge in [0.1, 0.15) is 5.69 Å². The summed E-state index contributed by atoms with van der Waals surface area (Å²) in [6.45, 7) is -2.27. The molecule has 5 aromatic rings. The van der Waals surface area contributed by atoms with Crippen LogP contribution in [0.15, 0.2) is 77.5 Å². The van der Waals surface area contributed by atoms with E-state index in [0.717, 1.165) is 22.1 Å². The molecule has 0 aliphatic rings. The zero-order chi connectivity index (χ0) is 19.3. The van der Waals surface area contributed by atoms with Gasteiger partial charge in [0.05, 0.1) is 5.69 Å². The zero-order valence-corrected chi connectivity index (χ0v) is 13.2. The van der Waals surface area contributed by atoms with Gasteiger partial charge in [-0.3, -0.25) is 9.13 Å². The van der Waals surface area contributed by atoms with E-state index >= 15 is 0 Å². The van der Waals surface area contributed by atoms with Crippen molar-refractivity contribution in [2.24, 2.45) is 0 Å². The van der Waals surface area contributed by atoms with E-state index in [1.807, 2.05) is 70.1 Å². The highest BCUT2D eigenvalue weighted by Gasteiger charge is 2.13. The van der Waals surface area contributed by atoms with Crippen LogP contribution in [-0.4, -0.2) is 9.55 Å². The summed E-state index contributed by atoms with van der Waals surface area (Å²) in [5.74, 6) is 0. The number of furan rings is 1. The minimum absolute atomic E-state index is 0.0232. The van der Waals surface area contributed by atoms with Crippen LogP contribution in [0.4, 0.5) is 0 Å². The quantitative estimate of drug-likeness (QED) is 0.360. The first-order chi connectivity index (χ1) is 13.5. The second kappa shape index (κ2) is 5.31. The SMILES string of the molecule is [2H]C([2H])([2H])c1ccc2c(n1)oc1c(-[n+]3[c-]n(-c4ccccc4)cc3)cccc12. The molecule has 0 radical (unpaired) electrons. The Morgan fingerprint density at radius 3 is 2.84 bits per heavy atom. The smallest absolute Gasteiger partial charge is 0.268 e. The minimum Gasteiger partial charge on any atom is -0.441 e. The molecular formula is C21H15N3O. The Morgan fingerprint density at radius 1 is 1.04 bits per heavy atom. The minimum atomic E-state index is -2.27. The van der Waals surface area contributed by atoms with Crippen LogP contribution in [0.3, 0.4) is 0 Å². The van der Waals surface area contributed by atoms with Crippen LogP contribution in [0.25, 0.3) is 33.4 Å². The second-order valence-electron chi connectivity index (χ2n) is 5.78. The molecule has 0 atom stereocenters. The monoisotopic (exact) mass is 328 g/mol. The number of rotatable bonds is 2. The summed E-state index contributed by atoms with van der Waals surface area (Å²) < 4.78 is 32.4. The van der Waals surface area contributed by atoms with Gasteiger partial charge in [-0.05, 0) is 37.2 Å². The van der Waals surface area contributed by atoms with E-state index in [0.29, 0.717) is 11.3 Å². The molecule has 3 aromatic heterocycles. The molecule has 0 amide bonds. The van der Waals surface area contributed by atoms with Crippen LogP contribution in [0, 0.1) is 13.2 Å². The predicted molar refractivity (Wildman–Crippen MR) is 95.9 cm³/mol. The average Bonchev–Trinajstić information content (AvgIpc) is 3.32. The number of imidazole rings is 1. The third-order valence-corrected chi connectivity index (χ3v) is 4.22. The third kappa shape index (κ3) is 2.22. The number of aryl methyl sites for hydroxylation is 1. The van der Waals surface area contributed by atoms with E-state index in [-0.39, 0.29) is 5.69 Å². The number of fused-ring (bicyclic) bond motifs is 3. The zero-order valence-electron chi connectivity index (χ0n) is 16.2. The van der Waals surface area contributed by atoms with Gasteiger partial charge in [0.2, 0.25) is 5.71 Å². The molecule has 25 heavy (non-hydrogen) atoms. The lowest BCUT2D eigenvalue weighted by atomic mass is 10.1. The Bertz CT molecular complexity index is 1300. The maximum Gasteiger partial charge on any atom is 0.268 e. The van der Waals surface area contributed by atoms with Gasteiger partial charge in [-0.2, -0.15) is 0 Å². The predicted octanol–water partition coefficient (Wildman–Crippen LogP) is 4.16. The molecule has 0 aliphatic heterocycles. The van der Waals surface area contributed by atoms with Gasteiger partial charge in [-0.25, -0.2) is 4.98 Å². The summed E-state index contributed by atoms with van der Waals surface area (Å²) in [7, 11) is 0. The van der Waals surface area contributed by atoms with Crippen molar-refractivity contribution in [3.05, 3.63) is 85.1 Å². The molecule has 0 spiro atoms. The molecule has 3 heterocycles. The van der Waals surface area contributed by atoms with Crippen molar-refractivity contribution in [2.45, 2.75) is 6.85 Å². The van der Waals surface area contributed by atoms with Gasteiger partial charge in [0, 0.05) is 33.0 Å². The molecule has 4 nitrogen and oxygen atoms in total. The van der Waals surface area contributed by atoms with Crippen molar-refractivity contribution < 1.29 is 13.1 Å². The molecule has 0 aliphatic carbocycles. The Morgan fingerprint density at radius 2 is 1.96 bits per heavy atom. The van der Waals surface area contributed by atoms with Crippen molar-refractivity contribution in [3.8, 4) is 11.4 Å². The topological polar surface area (TPSA) is 34.8 Å². The number of aromatic nitrogens is 3. The highest BCUT2D eigenvalue weighted by atomic mass is 16.3. The Kier molecular flexibility index (Phi) is 2.38. The van der Waals surface area contributed by atoms with Gasteiger partial charge in [-0.15, -0.1) is 0 Å². The molecule has 0 saturated carbocycles. The van der Waals surface area contributed by atoms with Crippen LogP contribution in [0.1, 0.15) is 9.81 Å². The maximum atomic E-state index is 7.56. The molecule has 2 aromatic carbocycles. The van der Waals surface area contributed by atoms with Crippen LogP contribution in [0.2, 0.25) is 0 Å². The molecular weight excluding hydrogens is 310 g/mol. The van der Waals surface area contributed by atoms with E-state index in [1.54, 1.807) is 6.07 Å². The number of hydrogen-bond acceptors (Lipinski definition) is 2. The maximum absolute atomic E-state index is 7.56. The lowest BCUT2D eigenvalue weighted by Crippen LogP contribution is -2.28. The molecule has 0 fully saturated rings. The largest absolute Gasteiger partial charge is 0.441 e.